The Kier molecular flexibility index (Phi) is 4.49. The number of hydrogen-bond donors (Lipinski definition) is 3. The average molecular weight is 297 g/mol. The summed E-state index contributed by atoms with van der Waals surface area (Å²) in [5.74, 6) is -0.473. The van der Waals surface area contributed by atoms with Crippen molar-refractivity contribution in [2.75, 3.05) is 5.32 Å². The maximum atomic E-state index is 11.8. The molecule has 0 aliphatic heterocycles. The molecule has 0 heterocycles. The highest BCUT2D eigenvalue weighted by Crippen LogP contribution is 2.34. The molecule has 0 radical (unpaired) electrons. The topological polar surface area (TPSA) is 78.4 Å². The molecular weight excluding hydrogens is 280 g/mol. The highest BCUT2D eigenvalue weighted by Gasteiger charge is 2.37. The Balaban J connectivity index is 1.90. The molecule has 108 valence electrons. The molecule has 3 N–H and O–H groups in total. The Morgan fingerprint density at radius 1 is 1.45 bits per heavy atom. The molecule has 1 aliphatic rings. The zero-order valence-electron chi connectivity index (χ0n) is 11.1. The lowest BCUT2D eigenvalue weighted by molar-refractivity contribution is 0.0697. The minimum absolute atomic E-state index is 0.0890. The Morgan fingerprint density at radius 3 is 2.80 bits per heavy atom. The van der Waals surface area contributed by atoms with Gasteiger partial charge in [0, 0.05) is 6.04 Å². The first-order valence-electron chi connectivity index (χ1n) is 6.61. The van der Waals surface area contributed by atoms with E-state index in [4.69, 9.17) is 16.7 Å². The van der Waals surface area contributed by atoms with Crippen molar-refractivity contribution in [1.82, 2.24) is 5.32 Å². The van der Waals surface area contributed by atoms with Crippen LogP contribution in [0.15, 0.2) is 18.2 Å². The van der Waals surface area contributed by atoms with Gasteiger partial charge in [0.15, 0.2) is 0 Å². The lowest BCUT2D eigenvalue weighted by Gasteiger charge is -2.09. The normalized spacial score (nSPS) is 20.3. The Morgan fingerprint density at radius 2 is 2.20 bits per heavy atom. The van der Waals surface area contributed by atoms with Crippen LogP contribution >= 0.6 is 11.6 Å². The Bertz CT molecular complexity index is 533. The van der Waals surface area contributed by atoms with Crippen molar-refractivity contribution in [1.29, 1.82) is 0 Å². The van der Waals surface area contributed by atoms with Crippen LogP contribution in [0.4, 0.5) is 10.5 Å². The average Bonchev–Trinajstić information content (AvgIpc) is 3.10. The van der Waals surface area contributed by atoms with E-state index in [2.05, 4.69) is 17.6 Å². The fraction of sp³-hybridized carbons (Fsp3) is 0.429. The predicted molar refractivity (Wildman–Crippen MR) is 77.4 cm³/mol. The van der Waals surface area contributed by atoms with Gasteiger partial charge in [-0.1, -0.05) is 24.9 Å². The highest BCUT2D eigenvalue weighted by atomic mass is 35.5. The number of carboxylic acid groups (broad SMARTS) is 1. The van der Waals surface area contributed by atoms with Crippen LogP contribution in [0.3, 0.4) is 0 Å². The number of hydrogen-bond acceptors (Lipinski definition) is 2. The van der Waals surface area contributed by atoms with Gasteiger partial charge >= 0.3 is 12.0 Å². The van der Waals surface area contributed by atoms with Crippen LogP contribution in [0.25, 0.3) is 0 Å². The number of amides is 2. The number of halogens is 1. The van der Waals surface area contributed by atoms with Gasteiger partial charge < -0.3 is 15.7 Å². The number of nitrogens with one attached hydrogen (secondary N) is 2. The zero-order valence-corrected chi connectivity index (χ0v) is 11.9. The van der Waals surface area contributed by atoms with Crippen molar-refractivity contribution in [3.63, 3.8) is 0 Å². The summed E-state index contributed by atoms with van der Waals surface area (Å²) >= 11 is 5.94. The van der Waals surface area contributed by atoms with E-state index in [1.54, 1.807) is 0 Å². The molecule has 1 saturated carbocycles. The molecule has 1 aromatic carbocycles. The van der Waals surface area contributed by atoms with Crippen LogP contribution in [0.1, 0.15) is 36.5 Å². The molecule has 2 rings (SSSR count). The van der Waals surface area contributed by atoms with Gasteiger partial charge in [0.2, 0.25) is 0 Å². The quantitative estimate of drug-likeness (QED) is 0.779. The maximum Gasteiger partial charge on any atom is 0.335 e. The summed E-state index contributed by atoms with van der Waals surface area (Å²) in [4.78, 5) is 22.6. The second-order valence-corrected chi connectivity index (χ2v) is 5.40. The summed E-state index contributed by atoms with van der Waals surface area (Å²) in [6.45, 7) is 2.12. The summed E-state index contributed by atoms with van der Waals surface area (Å²) in [6, 6.07) is 4.14. The first-order valence-corrected chi connectivity index (χ1v) is 6.99. The lowest BCUT2D eigenvalue weighted by atomic mass is 10.2. The van der Waals surface area contributed by atoms with Gasteiger partial charge in [0.05, 0.1) is 16.3 Å². The number of carboxylic acids is 1. The van der Waals surface area contributed by atoms with Crippen molar-refractivity contribution >= 4 is 29.3 Å². The van der Waals surface area contributed by atoms with Crippen molar-refractivity contribution in [3.05, 3.63) is 28.8 Å². The molecule has 0 spiro atoms. The molecule has 20 heavy (non-hydrogen) atoms. The van der Waals surface area contributed by atoms with E-state index in [1.807, 2.05) is 0 Å². The summed E-state index contributed by atoms with van der Waals surface area (Å²) < 4.78 is 0. The van der Waals surface area contributed by atoms with Crippen LogP contribution in [0.5, 0.6) is 0 Å². The summed E-state index contributed by atoms with van der Waals surface area (Å²) in [7, 11) is 0. The fourth-order valence-corrected chi connectivity index (χ4v) is 2.42. The van der Waals surface area contributed by atoms with Gasteiger partial charge in [-0.05, 0) is 37.0 Å². The number of urea groups is 1. The molecule has 1 aliphatic carbocycles. The molecule has 5 nitrogen and oxygen atoms in total. The highest BCUT2D eigenvalue weighted by molar-refractivity contribution is 6.34. The van der Waals surface area contributed by atoms with Crippen molar-refractivity contribution in [2.24, 2.45) is 5.92 Å². The molecule has 2 unspecified atom stereocenters. The third-order valence-corrected chi connectivity index (χ3v) is 3.68. The van der Waals surface area contributed by atoms with Crippen LogP contribution < -0.4 is 10.6 Å². The molecule has 2 amide bonds. The third-order valence-electron chi connectivity index (χ3n) is 3.36. The van der Waals surface area contributed by atoms with E-state index in [-0.39, 0.29) is 22.7 Å². The summed E-state index contributed by atoms with van der Waals surface area (Å²) in [6.07, 6.45) is 3.26. The van der Waals surface area contributed by atoms with E-state index in [1.165, 1.54) is 18.2 Å². The molecule has 0 saturated heterocycles. The van der Waals surface area contributed by atoms with E-state index in [0.29, 0.717) is 11.6 Å². The Hall–Kier alpha value is -1.75. The number of anilines is 1. The van der Waals surface area contributed by atoms with Gasteiger partial charge in [-0.15, -0.1) is 0 Å². The van der Waals surface area contributed by atoms with Crippen LogP contribution in [-0.4, -0.2) is 23.1 Å². The van der Waals surface area contributed by atoms with Crippen molar-refractivity contribution in [3.8, 4) is 0 Å². The molecule has 2 atom stereocenters. The fourth-order valence-electron chi connectivity index (χ4n) is 2.19. The van der Waals surface area contributed by atoms with E-state index >= 15 is 0 Å². The summed E-state index contributed by atoms with van der Waals surface area (Å²) in [5.41, 5.74) is 0.494. The van der Waals surface area contributed by atoms with Gasteiger partial charge in [-0.2, -0.15) is 0 Å². The zero-order chi connectivity index (χ0) is 14.7. The molecular formula is C14H17ClN2O3. The molecule has 6 heteroatoms. The molecule has 1 aromatic rings. The second kappa shape index (κ2) is 6.13. The lowest BCUT2D eigenvalue weighted by Crippen LogP contribution is -2.31. The largest absolute Gasteiger partial charge is 0.478 e. The van der Waals surface area contributed by atoms with Gasteiger partial charge in [0.1, 0.15) is 0 Å². The van der Waals surface area contributed by atoms with Crippen molar-refractivity contribution in [2.45, 2.75) is 32.2 Å². The molecule has 1 fully saturated rings. The number of carbonyl (C=O) groups is 2. The van der Waals surface area contributed by atoms with Crippen LogP contribution in [-0.2, 0) is 0 Å². The first-order chi connectivity index (χ1) is 9.51. The number of benzene rings is 1. The van der Waals surface area contributed by atoms with Gasteiger partial charge in [-0.3, -0.25) is 0 Å². The van der Waals surface area contributed by atoms with E-state index in [0.717, 1.165) is 19.3 Å². The minimum Gasteiger partial charge on any atom is -0.478 e. The maximum absolute atomic E-state index is 11.8. The summed E-state index contributed by atoms with van der Waals surface area (Å²) in [5, 5.41) is 14.6. The first kappa shape index (κ1) is 14.7. The van der Waals surface area contributed by atoms with Crippen LogP contribution in [0.2, 0.25) is 5.02 Å². The Labute approximate surface area is 122 Å². The second-order valence-electron chi connectivity index (χ2n) is 4.99. The van der Waals surface area contributed by atoms with Crippen molar-refractivity contribution < 1.29 is 14.7 Å². The van der Waals surface area contributed by atoms with E-state index in [9.17, 15) is 9.59 Å². The number of aromatic carboxylic acids is 1. The standard InChI is InChI=1S/C14H17ClN2O3/c1-2-3-8-7-12(8)17-14(20)16-11-5-4-9(13(18)19)6-10(11)15/h4-6,8,12H,2-3,7H2,1H3,(H,18,19)(H2,16,17,20). The van der Waals surface area contributed by atoms with Crippen LogP contribution in [0, 0.1) is 5.92 Å². The number of carbonyl (C=O) groups excluding carboxylic acids is 1. The predicted octanol–water partition coefficient (Wildman–Crippen LogP) is 3.35. The molecule has 0 bridgehead atoms. The van der Waals surface area contributed by atoms with E-state index < -0.39 is 5.97 Å². The van der Waals surface area contributed by atoms with Gasteiger partial charge in [0.25, 0.3) is 0 Å². The molecule has 0 aromatic heterocycles. The van der Waals surface area contributed by atoms with Gasteiger partial charge in [-0.25, -0.2) is 9.59 Å². The third kappa shape index (κ3) is 3.63. The minimum atomic E-state index is -1.05. The smallest absolute Gasteiger partial charge is 0.335 e. The SMILES string of the molecule is CCCC1CC1NC(=O)Nc1ccc(C(=O)O)cc1Cl. The number of rotatable bonds is 5. The monoisotopic (exact) mass is 296 g/mol.